The van der Waals surface area contributed by atoms with E-state index in [9.17, 15) is 4.79 Å². The molecule has 0 unspecified atom stereocenters. The van der Waals surface area contributed by atoms with E-state index in [0.29, 0.717) is 24.7 Å². The molecule has 6 nitrogen and oxygen atoms in total. The molecule has 1 fully saturated rings. The number of carbonyl (C=O) groups excluding carboxylic acids is 1. The van der Waals surface area contributed by atoms with E-state index in [-0.39, 0.29) is 10.9 Å². The van der Waals surface area contributed by atoms with Crippen LogP contribution >= 0.6 is 12.2 Å². The highest BCUT2D eigenvalue weighted by Gasteiger charge is 2.21. The van der Waals surface area contributed by atoms with Gasteiger partial charge in [-0.15, -0.1) is 0 Å². The lowest BCUT2D eigenvalue weighted by Gasteiger charge is -2.34. The molecule has 0 aliphatic carbocycles. The van der Waals surface area contributed by atoms with E-state index in [1.165, 1.54) is 0 Å². The van der Waals surface area contributed by atoms with E-state index in [0.717, 1.165) is 18.8 Å². The molecule has 1 aromatic heterocycles. The van der Waals surface area contributed by atoms with Gasteiger partial charge in [-0.05, 0) is 13.0 Å². The van der Waals surface area contributed by atoms with Crippen LogP contribution in [0, 0.1) is 6.92 Å². The smallest absolute Gasteiger partial charge is 0.226 e. The number of hydrogen-bond acceptors (Lipinski definition) is 5. The van der Waals surface area contributed by atoms with Crippen LogP contribution in [0.1, 0.15) is 18.3 Å². The predicted molar refractivity (Wildman–Crippen MR) is 77.1 cm³/mol. The van der Waals surface area contributed by atoms with Crippen LogP contribution in [-0.2, 0) is 4.79 Å². The van der Waals surface area contributed by atoms with Gasteiger partial charge in [0.15, 0.2) is 0 Å². The molecule has 7 heteroatoms. The average molecular weight is 279 g/mol. The molecule has 2 heterocycles. The quantitative estimate of drug-likeness (QED) is 0.773. The summed E-state index contributed by atoms with van der Waals surface area (Å²) in [5, 5.41) is 0. The lowest BCUT2D eigenvalue weighted by molar-refractivity contribution is -0.129. The van der Waals surface area contributed by atoms with Crippen molar-refractivity contribution in [3.05, 3.63) is 17.5 Å². The second kappa shape index (κ2) is 5.48. The van der Waals surface area contributed by atoms with Crippen molar-refractivity contribution in [1.82, 2.24) is 14.9 Å². The zero-order chi connectivity index (χ0) is 14.0. The van der Waals surface area contributed by atoms with E-state index in [2.05, 4.69) is 9.97 Å². The molecule has 0 radical (unpaired) electrons. The maximum Gasteiger partial charge on any atom is 0.226 e. The summed E-state index contributed by atoms with van der Waals surface area (Å²) in [6.07, 6.45) is 0. The zero-order valence-electron chi connectivity index (χ0n) is 11.1. The van der Waals surface area contributed by atoms with Crippen molar-refractivity contribution in [2.24, 2.45) is 5.73 Å². The molecule has 2 rings (SSSR count). The first kappa shape index (κ1) is 13.7. The summed E-state index contributed by atoms with van der Waals surface area (Å²) >= 11 is 4.95. The van der Waals surface area contributed by atoms with Crippen LogP contribution in [0.25, 0.3) is 0 Å². The highest BCUT2D eigenvalue weighted by atomic mass is 32.1. The van der Waals surface area contributed by atoms with E-state index in [1.807, 2.05) is 16.7 Å². The highest BCUT2D eigenvalue weighted by Crippen LogP contribution is 2.13. The van der Waals surface area contributed by atoms with Crippen LogP contribution in [-0.4, -0.2) is 51.9 Å². The third kappa shape index (κ3) is 3.17. The van der Waals surface area contributed by atoms with E-state index >= 15 is 0 Å². The Morgan fingerprint density at radius 2 is 1.95 bits per heavy atom. The largest absolute Gasteiger partial charge is 0.388 e. The topological polar surface area (TPSA) is 75.4 Å². The molecule has 0 saturated carbocycles. The summed E-state index contributed by atoms with van der Waals surface area (Å²) in [7, 11) is 0. The number of piperazine rings is 1. The van der Waals surface area contributed by atoms with Gasteiger partial charge in [-0.25, -0.2) is 9.97 Å². The molecule has 19 heavy (non-hydrogen) atoms. The van der Waals surface area contributed by atoms with Gasteiger partial charge in [0.25, 0.3) is 0 Å². The number of aromatic nitrogens is 2. The molecule has 1 amide bonds. The number of aryl methyl sites for hydroxylation is 1. The van der Waals surface area contributed by atoms with Crippen LogP contribution in [0.2, 0.25) is 0 Å². The second-order valence-electron chi connectivity index (χ2n) is 4.55. The van der Waals surface area contributed by atoms with Crippen LogP contribution in [0.3, 0.4) is 0 Å². The SMILES string of the molecule is CC(=O)N1CCN(c2nc(C)cc(C(N)=S)n2)CC1. The van der Waals surface area contributed by atoms with E-state index < -0.39 is 0 Å². The van der Waals surface area contributed by atoms with Crippen molar-refractivity contribution in [2.45, 2.75) is 13.8 Å². The normalized spacial score (nSPS) is 15.5. The van der Waals surface area contributed by atoms with Gasteiger partial charge >= 0.3 is 0 Å². The molecule has 1 aliphatic heterocycles. The minimum atomic E-state index is 0.105. The number of rotatable bonds is 2. The van der Waals surface area contributed by atoms with Crippen LogP contribution in [0.4, 0.5) is 5.95 Å². The first-order valence-electron chi connectivity index (χ1n) is 6.13. The lowest BCUT2D eigenvalue weighted by atomic mass is 10.3. The lowest BCUT2D eigenvalue weighted by Crippen LogP contribution is -2.48. The van der Waals surface area contributed by atoms with Gasteiger partial charge in [0.2, 0.25) is 11.9 Å². The summed E-state index contributed by atoms with van der Waals surface area (Å²) < 4.78 is 0. The number of hydrogen-bond donors (Lipinski definition) is 1. The van der Waals surface area contributed by atoms with E-state index in [1.54, 1.807) is 13.0 Å². The number of anilines is 1. The number of amides is 1. The van der Waals surface area contributed by atoms with Gasteiger partial charge in [0.05, 0.1) is 0 Å². The Bertz CT molecular complexity index is 511. The second-order valence-corrected chi connectivity index (χ2v) is 4.99. The fraction of sp³-hybridized carbons (Fsp3) is 0.500. The Morgan fingerprint density at radius 1 is 1.32 bits per heavy atom. The monoisotopic (exact) mass is 279 g/mol. The first-order chi connectivity index (χ1) is 8.97. The standard InChI is InChI=1S/C12H17N5OS/c1-8-7-10(11(13)19)15-12(14-8)17-5-3-16(4-6-17)9(2)18/h7H,3-6H2,1-2H3,(H2,13,19). The predicted octanol–water partition coefficient (Wildman–Crippen LogP) is 0.0877. The van der Waals surface area contributed by atoms with Gasteiger partial charge in [-0.2, -0.15) is 0 Å². The van der Waals surface area contributed by atoms with Crippen LogP contribution in [0.15, 0.2) is 6.07 Å². The third-order valence-electron chi connectivity index (χ3n) is 3.10. The number of thiocarbonyl (C=S) groups is 1. The van der Waals surface area contributed by atoms with Crippen molar-refractivity contribution in [1.29, 1.82) is 0 Å². The molecular formula is C12H17N5OS. The number of carbonyl (C=O) groups is 1. The van der Waals surface area contributed by atoms with Gasteiger partial charge in [-0.3, -0.25) is 4.79 Å². The number of nitrogens with zero attached hydrogens (tertiary/aromatic N) is 4. The highest BCUT2D eigenvalue weighted by molar-refractivity contribution is 7.80. The molecule has 1 aliphatic rings. The van der Waals surface area contributed by atoms with Crippen molar-refractivity contribution in [3.8, 4) is 0 Å². The Hall–Kier alpha value is -1.76. The maximum atomic E-state index is 11.3. The molecule has 2 N–H and O–H groups in total. The molecular weight excluding hydrogens is 262 g/mol. The van der Waals surface area contributed by atoms with Gasteiger partial charge in [0.1, 0.15) is 10.7 Å². The van der Waals surface area contributed by atoms with Crippen LogP contribution in [0.5, 0.6) is 0 Å². The first-order valence-corrected chi connectivity index (χ1v) is 6.54. The van der Waals surface area contributed by atoms with Gasteiger partial charge in [0, 0.05) is 38.8 Å². The fourth-order valence-electron chi connectivity index (χ4n) is 2.04. The van der Waals surface area contributed by atoms with E-state index in [4.69, 9.17) is 18.0 Å². The third-order valence-corrected chi connectivity index (χ3v) is 3.31. The summed E-state index contributed by atoms with van der Waals surface area (Å²) in [4.78, 5) is 24.2. The molecule has 0 aromatic carbocycles. The van der Waals surface area contributed by atoms with Crippen LogP contribution < -0.4 is 10.6 Å². The summed E-state index contributed by atoms with van der Waals surface area (Å²) in [6.45, 7) is 6.30. The van der Waals surface area contributed by atoms with Gasteiger partial charge in [-0.1, -0.05) is 12.2 Å². The molecule has 0 spiro atoms. The Morgan fingerprint density at radius 3 is 2.47 bits per heavy atom. The molecule has 1 saturated heterocycles. The molecule has 102 valence electrons. The minimum absolute atomic E-state index is 0.105. The molecule has 1 aromatic rings. The van der Waals surface area contributed by atoms with Crippen molar-refractivity contribution in [3.63, 3.8) is 0 Å². The average Bonchev–Trinajstić information content (AvgIpc) is 2.38. The minimum Gasteiger partial charge on any atom is -0.388 e. The Balaban J connectivity index is 2.15. The van der Waals surface area contributed by atoms with Crippen molar-refractivity contribution < 1.29 is 4.79 Å². The number of nitrogens with two attached hydrogens (primary N) is 1. The summed E-state index contributed by atoms with van der Waals surface area (Å²) in [6, 6.07) is 1.78. The Labute approximate surface area is 117 Å². The van der Waals surface area contributed by atoms with Gasteiger partial charge < -0.3 is 15.5 Å². The van der Waals surface area contributed by atoms with Crippen molar-refractivity contribution >= 4 is 29.1 Å². The summed E-state index contributed by atoms with van der Waals surface area (Å²) in [5.41, 5.74) is 7.04. The zero-order valence-corrected chi connectivity index (χ0v) is 11.9. The Kier molecular flexibility index (Phi) is 3.94. The molecule has 0 atom stereocenters. The fourth-order valence-corrected chi connectivity index (χ4v) is 2.15. The maximum absolute atomic E-state index is 11.3. The van der Waals surface area contributed by atoms with Crippen molar-refractivity contribution in [2.75, 3.05) is 31.1 Å². The molecule has 0 bridgehead atoms. The summed E-state index contributed by atoms with van der Waals surface area (Å²) in [5.74, 6) is 0.736.